The van der Waals surface area contributed by atoms with Crippen LogP contribution in [0.2, 0.25) is 0 Å². The van der Waals surface area contributed by atoms with Crippen LogP contribution in [0.1, 0.15) is 12.5 Å². The van der Waals surface area contributed by atoms with E-state index in [-0.39, 0.29) is 5.82 Å². The standard InChI is InChI=1S/C11H14FN/c1-9(13-2)3-4-10-5-7-11(12)8-6-10/h3-9,13H,1-2H3. The summed E-state index contributed by atoms with van der Waals surface area (Å²) in [5, 5.41) is 3.09. The second kappa shape index (κ2) is 4.77. The lowest BCUT2D eigenvalue weighted by Crippen LogP contribution is -2.17. The SMILES string of the molecule is CNC(C)C=Cc1ccc(F)cc1. The highest BCUT2D eigenvalue weighted by atomic mass is 19.1. The molecule has 0 aliphatic rings. The molecule has 0 spiro atoms. The fraction of sp³-hybridized carbons (Fsp3) is 0.273. The molecule has 0 aliphatic carbocycles. The first-order chi connectivity index (χ1) is 6.22. The van der Waals surface area contributed by atoms with Crippen molar-refractivity contribution in [2.24, 2.45) is 0 Å². The van der Waals surface area contributed by atoms with Crippen molar-refractivity contribution in [3.63, 3.8) is 0 Å². The van der Waals surface area contributed by atoms with Crippen LogP contribution in [-0.4, -0.2) is 13.1 Å². The van der Waals surface area contributed by atoms with E-state index in [4.69, 9.17) is 0 Å². The zero-order valence-electron chi connectivity index (χ0n) is 7.92. The zero-order chi connectivity index (χ0) is 9.68. The lowest BCUT2D eigenvalue weighted by molar-refractivity contribution is 0.628. The van der Waals surface area contributed by atoms with E-state index >= 15 is 0 Å². The topological polar surface area (TPSA) is 12.0 Å². The van der Waals surface area contributed by atoms with Gasteiger partial charge in [-0.25, -0.2) is 4.39 Å². The number of nitrogens with one attached hydrogen (secondary N) is 1. The summed E-state index contributed by atoms with van der Waals surface area (Å²) in [6.07, 6.45) is 4.01. The van der Waals surface area contributed by atoms with Gasteiger partial charge in [-0.2, -0.15) is 0 Å². The van der Waals surface area contributed by atoms with Gasteiger partial charge in [0.25, 0.3) is 0 Å². The molecule has 1 aromatic carbocycles. The van der Waals surface area contributed by atoms with E-state index in [2.05, 4.69) is 12.2 Å². The van der Waals surface area contributed by atoms with Crippen LogP contribution in [0.15, 0.2) is 30.3 Å². The Morgan fingerprint density at radius 2 is 1.92 bits per heavy atom. The fourth-order valence-corrected chi connectivity index (χ4v) is 0.926. The second-order valence-electron chi connectivity index (χ2n) is 2.99. The van der Waals surface area contributed by atoms with Crippen molar-refractivity contribution >= 4 is 6.08 Å². The average molecular weight is 179 g/mol. The highest BCUT2D eigenvalue weighted by molar-refractivity contribution is 5.49. The molecule has 0 saturated heterocycles. The summed E-state index contributed by atoms with van der Waals surface area (Å²) in [4.78, 5) is 0. The van der Waals surface area contributed by atoms with Gasteiger partial charge in [0.05, 0.1) is 0 Å². The van der Waals surface area contributed by atoms with Crippen molar-refractivity contribution in [3.8, 4) is 0 Å². The minimum absolute atomic E-state index is 0.196. The second-order valence-corrected chi connectivity index (χ2v) is 2.99. The Kier molecular flexibility index (Phi) is 3.65. The molecular formula is C11H14FN. The molecular weight excluding hydrogens is 165 g/mol. The number of hydrogen-bond donors (Lipinski definition) is 1. The van der Waals surface area contributed by atoms with E-state index in [1.807, 2.05) is 19.2 Å². The monoisotopic (exact) mass is 179 g/mol. The Bertz CT molecular complexity index is 277. The van der Waals surface area contributed by atoms with E-state index < -0.39 is 0 Å². The maximum atomic E-state index is 12.5. The third-order valence-electron chi connectivity index (χ3n) is 1.90. The molecule has 1 rings (SSSR count). The highest BCUT2D eigenvalue weighted by Gasteiger charge is 1.91. The van der Waals surface area contributed by atoms with Crippen LogP contribution in [0.3, 0.4) is 0 Å². The van der Waals surface area contributed by atoms with E-state index in [0.29, 0.717) is 6.04 Å². The van der Waals surface area contributed by atoms with Crippen LogP contribution in [0.5, 0.6) is 0 Å². The molecule has 0 fully saturated rings. The predicted molar refractivity (Wildman–Crippen MR) is 54.0 cm³/mol. The van der Waals surface area contributed by atoms with Gasteiger partial charge in [-0.05, 0) is 31.7 Å². The fourth-order valence-electron chi connectivity index (χ4n) is 0.926. The van der Waals surface area contributed by atoms with Gasteiger partial charge < -0.3 is 5.32 Å². The Balaban J connectivity index is 2.64. The molecule has 1 nitrogen and oxygen atoms in total. The Morgan fingerprint density at radius 3 is 2.46 bits per heavy atom. The van der Waals surface area contributed by atoms with Gasteiger partial charge in [0.2, 0.25) is 0 Å². The summed E-state index contributed by atoms with van der Waals surface area (Å²) in [6.45, 7) is 2.06. The van der Waals surface area contributed by atoms with E-state index in [0.717, 1.165) is 5.56 Å². The van der Waals surface area contributed by atoms with Crippen LogP contribution in [0.25, 0.3) is 6.08 Å². The van der Waals surface area contributed by atoms with E-state index in [9.17, 15) is 4.39 Å². The first-order valence-corrected chi connectivity index (χ1v) is 4.33. The van der Waals surface area contributed by atoms with Crippen LogP contribution >= 0.6 is 0 Å². The molecule has 0 radical (unpaired) electrons. The van der Waals surface area contributed by atoms with Gasteiger partial charge in [0.1, 0.15) is 5.82 Å². The molecule has 0 aromatic heterocycles. The molecule has 0 saturated carbocycles. The summed E-state index contributed by atoms with van der Waals surface area (Å²) in [5.74, 6) is -0.196. The molecule has 70 valence electrons. The van der Waals surface area contributed by atoms with Gasteiger partial charge >= 0.3 is 0 Å². The average Bonchev–Trinajstić information content (AvgIpc) is 2.16. The minimum Gasteiger partial charge on any atom is -0.314 e. The maximum Gasteiger partial charge on any atom is 0.123 e. The van der Waals surface area contributed by atoms with E-state index in [1.54, 1.807) is 12.1 Å². The molecule has 1 unspecified atom stereocenters. The third-order valence-corrected chi connectivity index (χ3v) is 1.90. The third kappa shape index (κ3) is 3.38. The number of hydrogen-bond acceptors (Lipinski definition) is 1. The summed E-state index contributed by atoms with van der Waals surface area (Å²) < 4.78 is 12.5. The van der Waals surface area contributed by atoms with Crippen molar-refractivity contribution in [3.05, 3.63) is 41.7 Å². The van der Waals surface area contributed by atoms with Crippen molar-refractivity contribution in [1.82, 2.24) is 5.32 Å². The number of halogens is 1. The molecule has 13 heavy (non-hydrogen) atoms. The number of likely N-dealkylation sites (N-methyl/N-ethyl adjacent to an activating group) is 1. The predicted octanol–water partition coefficient (Wildman–Crippen LogP) is 2.45. The van der Waals surface area contributed by atoms with Crippen molar-refractivity contribution in [2.45, 2.75) is 13.0 Å². The van der Waals surface area contributed by atoms with E-state index in [1.165, 1.54) is 12.1 Å². The molecule has 1 atom stereocenters. The van der Waals surface area contributed by atoms with Gasteiger partial charge in [0, 0.05) is 6.04 Å². The number of benzene rings is 1. The van der Waals surface area contributed by atoms with Crippen LogP contribution < -0.4 is 5.32 Å². The molecule has 0 heterocycles. The highest BCUT2D eigenvalue weighted by Crippen LogP contribution is 2.04. The summed E-state index contributed by atoms with van der Waals surface area (Å²) in [7, 11) is 1.90. The van der Waals surface area contributed by atoms with Crippen molar-refractivity contribution in [1.29, 1.82) is 0 Å². The van der Waals surface area contributed by atoms with Crippen LogP contribution in [-0.2, 0) is 0 Å². The maximum absolute atomic E-state index is 12.5. The Labute approximate surface area is 78.3 Å². The zero-order valence-corrected chi connectivity index (χ0v) is 7.92. The van der Waals surface area contributed by atoms with Crippen LogP contribution in [0.4, 0.5) is 4.39 Å². The van der Waals surface area contributed by atoms with Crippen molar-refractivity contribution in [2.75, 3.05) is 7.05 Å². The molecule has 0 amide bonds. The summed E-state index contributed by atoms with van der Waals surface area (Å²) in [5.41, 5.74) is 1.02. The first-order valence-electron chi connectivity index (χ1n) is 4.33. The molecule has 2 heteroatoms. The quantitative estimate of drug-likeness (QED) is 0.751. The molecule has 0 bridgehead atoms. The molecule has 0 aliphatic heterocycles. The Morgan fingerprint density at radius 1 is 1.31 bits per heavy atom. The van der Waals surface area contributed by atoms with Gasteiger partial charge in [-0.15, -0.1) is 0 Å². The Hall–Kier alpha value is -1.15. The van der Waals surface area contributed by atoms with Gasteiger partial charge in [0.15, 0.2) is 0 Å². The lowest BCUT2D eigenvalue weighted by atomic mass is 10.2. The molecule has 1 aromatic rings. The summed E-state index contributed by atoms with van der Waals surface area (Å²) in [6, 6.07) is 6.78. The van der Waals surface area contributed by atoms with Gasteiger partial charge in [-0.1, -0.05) is 24.3 Å². The number of rotatable bonds is 3. The lowest BCUT2D eigenvalue weighted by Gasteiger charge is -2.01. The summed E-state index contributed by atoms with van der Waals surface area (Å²) >= 11 is 0. The van der Waals surface area contributed by atoms with Gasteiger partial charge in [-0.3, -0.25) is 0 Å². The minimum atomic E-state index is -0.196. The normalized spacial score (nSPS) is 13.5. The van der Waals surface area contributed by atoms with Crippen LogP contribution in [0, 0.1) is 5.82 Å². The molecule has 1 N–H and O–H groups in total. The van der Waals surface area contributed by atoms with Crippen molar-refractivity contribution < 1.29 is 4.39 Å². The first kappa shape index (κ1) is 9.93. The smallest absolute Gasteiger partial charge is 0.123 e. The largest absolute Gasteiger partial charge is 0.314 e.